The van der Waals surface area contributed by atoms with Crippen molar-refractivity contribution >= 4 is 17.5 Å². The Balaban J connectivity index is 2.52. The Hall–Kier alpha value is -2.11. The predicted octanol–water partition coefficient (Wildman–Crippen LogP) is 1.02. The Morgan fingerprint density at radius 3 is 2.70 bits per heavy atom. The minimum atomic E-state index is -0.289. The van der Waals surface area contributed by atoms with Gasteiger partial charge in [0.05, 0.1) is 24.0 Å². The average molecular weight is 278 g/mol. The van der Waals surface area contributed by atoms with Crippen LogP contribution in [0.4, 0.5) is 5.69 Å². The van der Waals surface area contributed by atoms with Gasteiger partial charge < -0.3 is 16.0 Å². The summed E-state index contributed by atoms with van der Waals surface area (Å²) < 4.78 is 0. The maximum absolute atomic E-state index is 12.0. The Morgan fingerprint density at radius 1 is 1.30 bits per heavy atom. The lowest BCUT2D eigenvalue weighted by molar-refractivity contribution is -0.120. The lowest BCUT2D eigenvalue weighted by Gasteiger charge is -2.11. The highest BCUT2D eigenvalue weighted by atomic mass is 16.2. The highest BCUT2D eigenvalue weighted by Gasteiger charge is 2.12. The van der Waals surface area contributed by atoms with E-state index in [2.05, 4.69) is 20.9 Å². The number of amides is 2. The standard InChI is InChI=1S/C14H22N4O2/c1-4-16-12-8-15-6-5-11(12)14(20)18-9-13(19)17-7-10(2)3/h5-6,8,10,16H,4,7,9H2,1-3H3,(H,17,19)(H,18,20). The Bertz CT molecular complexity index is 460. The fourth-order valence-electron chi connectivity index (χ4n) is 1.56. The van der Waals surface area contributed by atoms with Gasteiger partial charge in [0.1, 0.15) is 0 Å². The summed E-state index contributed by atoms with van der Waals surface area (Å²) >= 11 is 0. The van der Waals surface area contributed by atoms with E-state index >= 15 is 0 Å². The summed E-state index contributed by atoms with van der Waals surface area (Å²) in [5.41, 5.74) is 1.15. The fourth-order valence-corrected chi connectivity index (χ4v) is 1.56. The molecule has 0 bridgehead atoms. The molecule has 0 unspecified atom stereocenters. The molecule has 0 saturated heterocycles. The number of nitrogens with zero attached hydrogens (tertiary/aromatic N) is 1. The SMILES string of the molecule is CCNc1cnccc1C(=O)NCC(=O)NCC(C)C. The molecule has 0 saturated carbocycles. The third-order valence-electron chi connectivity index (χ3n) is 2.55. The summed E-state index contributed by atoms with van der Waals surface area (Å²) in [4.78, 5) is 27.5. The first-order valence-electron chi connectivity index (χ1n) is 6.77. The molecule has 3 N–H and O–H groups in total. The molecule has 0 spiro atoms. The highest BCUT2D eigenvalue weighted by molar-refractivity contribution is 6.00. The Kier molecular flexibility index (Phi) is 6.49. The molecule has 0 fully saturated rings. The van der Waals surface area contributed by atoms with E-state index < -0.39 is 0 Å². The van der Waals surface area contributed by atoms with E-state index in [1.165, 1.54) is 0 Å². The van der Waals surface area contributed by atoms with Crippen LogP contribution in [0.15, 0.2) is 18.5 Å². The molecule has 110 valence electrons. The summed E-state index contributed by atoms with van der Waals surface area (Å²) in [6, 6.07) is 1.62. The van der Waals surface area contributed by atoms with Gasteiger partial charge in [-0.2, -0.15) is 0 Å². The molecular weight excluding hydrogens is 256 g/mol. The number of carbonyl (C=O) groups is 2. The van der Waals surface area contributed by atoms with Crippen molar-refractivity contribution < 1.29 is 9.59 Å². The van der Waals surface area contributed by atoms with Crippen molar-refractivity contribution in [3.05, 3.63) is 24.0 Å². The van der Waals surface area contributed by atoms with E-state index in [0.717, 1.165) is 0 Å². The van der Waals surface area contributed by atoms with Crippen LogP contribution in [0.5, 0.6) is 0 Å². The number of hydrogen-bond donors (Lipinski definition) is 3. The summed E-state index contributed by atoms with van der Waals surface area (Å²) in [5.74, 6) is -0.0932. The van der Waals surface area contributed by atoms with Crippen molar-refractivity contribution in [2.75, 3.05) is 25.0 Å². The molecule has 20 heavy (non-hydrogen) atoms. The molecule has 1 heterocycles. The largest absolute Gasteiger partial charge is 0.383 e. The number of pyridine rings is 1. The van der Waals surface area contributed by atoms with Crippen LogP contribution < -0.4 is 16.0 Å². The van der Waals surface area contributed by atoms with Crippen LogP contribution in [0.3, 0.4) is 0 Å². The molecule has 0 aromatic carbocycles. The van der Waals surface area contributed by atoms with Crippen LogP contribution in [0.25, 0.3) is 0 Å². The lowest BCUT2D eigenvalue weighted by atomic mass is 10.2. The zero-order valence-corrected chi connectivity index (χ0v) is 12.2. The van der Waals surface area contributed by atoms with E-state index in [4.69, 9.17) is 0 Å². The molecule has 0 radical (unpaired) electrons. The average Bonchev–Trinajstić information content (AvgIpc) is 2.43. The minimum Gasteiger partial charge on any atom is -0.383 e. The number of carbonyl (C=O) groups excluding carboxylic acids is 2. The van der Waals surface area contributed by atoms with Crippen molar-refractivity contribution in [2.24, 2.45) is 5.92 Å². The quantitative estimate of drug-likeness (QED) is 0.695. The van der Waals surface area contributed by atoms with Gasteiger partial charge in [-0.15, -0.1) is 0 Å². The van der Waals surface area contributed by atoms with Crippen LogP contribution in [-0.4, -0.2) is 36.4 Å². The van der Waals surface area contributed by atoms with Gasteiger partial charge in [-0.05, 0) is 18.9 Å². The molecule has 0 aliphatic heterocycles. The molecule has 0 atom stereocenters. The van der Waals surface area contributed by atoms with Gasteiger partial charge in [-0.3, -0.25) is 14.6 Å². The maximum Gasteiger partial charge on any atom is 0.253 e. The van der Waals surface area contributed by atoms with Crippen LogP contribution in [0, 0.1) is 5.92 Å². The minimum absolute atomic E-state index is 0.0283. The van der Waals surface area contributed by atoms with E-state index in [9.17, 15) is 9.59 Å². The Morgan fingerprint density at radius 2 is 2.05 bits per heavy atom. The normalized spacial score (nSPS) is 10.2. The number of aromatic nitrogens is 1. The van der Waals surface area contributed by atoms with Crippen LogP contribution >= 0.6 is 0 Å². The fraction of sp³-hybridized carbons (Fsp3) is 0.500. The molecule has 1 aromatic rings. The number of nitrogens with one attached hydrogen (secondary N) is 3. The van der Waals surface area contributed by atoms with Crippen LogP contribution in [0.1, 0.15) is 31.1 Å². The van der Waals surface area contributed by atoms with Crippen molar-refractivity contribution in [1.82, 2.24) is 15.6 Å². The van der Waals surface area contributed by atoms with Gasteiger partial charge in [0.15, 0.2) is 0 Å². The molecule has 0 aliphatic carbocycles. The van der Waals surface area contributed by atoms with Gasteiger partial charge >= 0.3 is 0 Å². The summed E-state index contributed by atoms with van der Waals surface area (Å²) in [5, 5.41) is 8.41. The van der Waals surface area contributed by atoms with Gasteiger partial charge in [-0.25, -0.2) is 0 Å². The van der Waals surface area contributed by atoms with Crippen molar-refractivity contribution in [3.8, 4) is 0 Å². The van der Waals surface area contributed by atoms with E-state index in [-0.39, 0.29) is 18.4 Å². The molecule has 1 aromatic heterocycles. The lowest BCUT2D eigenvalue weighted by Crippen LogP contribution is -2.38. The summed E-state index contributed by atoms with van der Waals surface area (Å²) in [7, 11) is 0. The topological polar surface area (TPSA) is 83.1 Å². The van der Waals surface area contributed by atoms with Gasteiger partial charge in [0.2, 0.25) is 5.91 Å². The van der Waals surface area contributed by atoms with Crippen molar-refractivity contribution in [1.29, 1.82) is 0 Å². The number of hydrogen-bond acceptors (Lipinski definition) is 4. The highest BCUT2D eigenvalue weighted by Crippen LogP contribution is 2.12. The first-order valence-corrected chi connectivity index (χ1v) is 6.77. The smallest absolute Gasteiger partial charge is 0.253 e. The van der Waals surface area contributed by atoms with Crippen molar-refractivity contribution in [2.45, 2.75) is 20.8 Å². The summed E-state index contributed by atoms with van der Waals surface area (Å²) in [6.45, 7) is 7.23. The maximum atomic E-state index is 12.0. The summed E-state index contributed by atoms with van der Waals surface area (Å²) in [6.07, 6.45) is 3.14. The second kappa shape index (κ2) is 8.14. The van der Waals surface area contributed by atoms with Crippen molar-refractivity contribution in [3.63, 3.8) is 0 Å². The van der Waals surface area contributed by atoms with Gasteiger partial charge in [-0.1, -0.05) is 13.8 Å². The first-order chi connectivity index (χ1) is 9.54. The third kappa shape index (κ3) is 5.26. The monoisotopic (exact) mass is 278 g/mol. The molecule has 0 aliphatic rings. The number of anilines is 1. The van der Waals surface area contributed by atoms with Gasteiger partial charge in [0, 0.05) is 19.3 Å². The molecule has 1 rings (SSSR count). The van der Waals surface area contributed by atoms with E-state index in [1.807, 2.05) is 20.8 Å². The third-order valence-corrected chi connectivity index (χ3v) is 2.55. The predicted molar refractivity (Wildman–Crippen MR) is 78.6 cm³/mol. The molecular formula is C14H22N4O2. The van der Waals surface area contributed by atoms with Gasteiger partial charge in [0.25, 0.3) is 5.91 Å². The van der Waals surface area contributed by atoms with Crippen LogP contribution in [0.2, 0.25) is 0 Å². The Labute approximate surface area is 119 Å². The molecule has 2 amide bonds. The van der Waals surface area contributed by atoms with Crippen LogP contribution in [-0.2, 0) is 4.79 Å². The number of rotatable bonds is 7. The first kappa shape index (κ1) is 15.9. The van der Waals surface area contributed by atoms with E-state index in [1.54, 1.807) is 18.5 Å². The molecule has 6 heteroatoms. The zero-order chi connectivity index (χ0) is 15.0. The second-order valence-electron chi connectivity index (χ2n) is 4.83. The van der Waals surface area contributed by atoms with E-state index in [0.29, 0.717) is 30.3 Å². The second-order valence-corrected chi connectivity index (χ2v) is 4.83. The zero-order valence-electron chi connectivity index (χ0n) is 12.2. The molecule has 6 nitrogen and oxygen atoms in total.